The van der Waals surface area contributed by atoms with Gasteiger partial charge in [-0.15, -0.1) is 10.2 Å². The lowest BCUT2D eigenvalue weighted by Crippen LogP contribution is -2.29. The Balaban J connectivity index is 1.73. The zero-order valence-corrected chi connectivity index (χ0v) is 21.8. The van der Waals surface area contributed by atoms with Crippen LogP contribution in [0.2, 0.25) is 0 Å². The largest absolute Gasteiger partial charge is 0.450 e. The van der Waals surface area contributed by atoms with E-state index in [1.165, 1.54) is 16.9 Å². The monoisotopic (exact) mass is 537 g/mol. The molecule has 2 aromatic heterocycles. The van der Waals surface area contributed by atoms with Gasteiger partial charge in [-0.1, -0.05) is 79.2 Å². The second-order valence-electron chi connectivity index (χ2n) is 9.49. The molecule has 0 radical (unpaired) electrons. The lowest BCUT2D eigenvalue weighted by atomic mass is 9.86. The number of anilines is 1. The molecule has 0 saturated heterocycles. The number of benzene rings is 2. The molecule has 1 aliphatic heterocycles. The molecule has 174 valence electrons. The van der Waals surface area contributed by atoms with Gasteiger partial charge >= 0.3 is 0 Å². The van der Waals surface area contributed by atoms with Gasteiger partial charge in [-0.05, 0) is 41.2 Å². The molecule has 0 saturated carbocycles. The second-order valence-corrected chi connectivity index (χ2v) is 11.4. The summed E-state index contributed by atoms with van der Waals surface area (Å²) < 4.78 is 6.80. The van der Waals surface area contributed by atoms with Crippen molar-refractivity contribution in [1.29, 1.82) is 0 Å². The molecule has 0 fully saturated rings. The number of fused-ring (bicyclic) bond motifs is 2. The van der Waals surface area contributed by atoms with E-state index in [1.807, 2.05) is 12.1 Å². The van der Waals surface area contributed by atoms with Crippen LogP contribution in [0.4, 0.5) is 5.13 Å². The van der Waals surface area contributed by atoms with E-state index >= 15 is 0 Å². The van der Waals surface area contributed by atoms with Gasteiger partial charge in [-0.25, -0.2) is 0 Å². The summed E-state index contributed by atoms with van der Waals surface area (Å²) in [5, 5.41) is 10.3. The van der Waals surface area contributed by atoms with E-state index in [0.717, 1.165) is 27.9 Å². The molecule has 3 heterocycles. The molecular formula is C26H24BrN3O3S. The second kappa shape index (κ2) is 8.43. The van der Waals surface area contributed by atoms with Gasteiger partial charge in [0.1, 0.15) is 10.6 Å². The van der Waals surface area contributed by atoms with Crippen molar-refractivity contribution in [1.82, 2.24) is 10.2 Å². The number of amides is 1. The molecule has 5 rings (SSSR count). The molecule has 6 nitrogen and oxygen atoms in total. The third-order valence-corrected chi connectivity index (χ3v) is 7.53. The number of aromatic nitrogens is 2. The highest BCUT2D eigenvalue weighted by Crippen LogP contribution is 2.42. The lowest BCUT2D eigenvalue weighted by Gasteiger charge is -2.24. The summed E-state index contributed by atoms with van der Waals surface area (Å²) in [6.07, 6.45) is 1.72. The van der Waals surface area contributed by atoms with Gasteiger partial charge in [0.25, 0.3) is 5.91 Å². The molecule has 1 atom stereocenters. The molecule has 0 bridgehead atoms. The SMILES string of the molecule is CCCc1nnc(N2C(=O)c3oc4ccc(Br)cc4c(=O)c3C2c2ccc(C(C)(C)C)cc2)s1. The summed E-state index contributed by atoms with van der Waals surface area (Å²) >= 11 is 4.82. The van der Waals surface area contributed by atoms with Crippen molar-refractivity contribution >= 4 is 49.3 Å². The quantitative estimate of drug-likeness (QED) is 0.300. The Hall–Kier alpha value is -2.84. The first-order chi connectivity index (χ1) is 16.2. The van der Waals surface area contributed by atoms with Crippen LogP contribution in [0.5, 0.6) is 0 Å². The first-order valence-electron chi connectivity index (χ1n) is 11.2. The minimum absolute atomic E-state index is 0.0165. The van der Waals surface area contributed by atoms with E-state index in [-0.39, 0.29) is 22.5 Å². The van der Waals surface area contributed by atoms with Crippen LogP contribution in [-0.4, -0.2) is 16.1 Å². The molecule has 34 heavy (non-hydrogen) atoms. The van der Waals surface area contributed by atoms with Gasteiger partial charge in [-0.2, -0.15) is 0 Å². The van der Waals surface area contributed by atoms with Crippen molar-refractivity contribution in [3.63, 3.8) is 0 Å². The van der Waals surface area contributed by atoms with Crippen LogP contribution in [0.25, 0.3) is 11.0 Å². The lowest BCUT2D eigenvalue weighted by molar-refractivity contribution is 0.0970. The molecule has 1 aliphatic rings. The van der Waals surface area contributed by atoms with Gasteiger partial charge in [0.05, 0.1) is 17.0 Å². The predicted octanol–water partition coefficient (Wildman–Crippen LogP) is 6.41. The Morgan fingerprint density at radius 3 is 2.50 bits per heavy atom. The smallest absolute Gasteiger partial charge is 0.297 e. The number of hydrogen-bond donors (Lipinski definition) is 0. The Kier molecular flexibility index (Phi) is 5.68. The van der Waals surface area contributed by atoms with Crippen LogP contribution in [0.1, 0.15) is 72.4 Å². The molecule has 0 aliphatic carbocycles. The number of nitrogens with zero attached hydrogens (tertiary/aromatic N) is 3. The minimum Gasteiger partial charge on any atom is -0.450 e. The minimum atomic E-state index is -0.640. The van der Waals surface area contributed by atoms with Crippen molar-refractivity contribution in [2.75, 3.05) is 4.90 Å². The van der Waals surface area contributed by atoms with Gasteiger partial charge in [-0.3, -0.25) is 14.5 Å². The third kappa shape index (κ3) is 3.79. The molecule has 1 unspecified atom stereocenters. The summed E-state index contributed by atoms with van der Waals surface area (Å²) in [7, 11) is 0. The predicted molar refractivity (Wildman–Crippen MR) is 138 cm³/mol. The molecule has 2 aromatic carbocycles. The van der Waals surface area contributed by atoms with Crippen molar-refractivity contribution in [2.45, 2.75) is 52.0 Å². The van der Waals surface area contributed by atoms with Gasteiger partial charge in [0.15, 0.2) is 5.43 Å². The third-order valence-electron chi connectivity index (χ3n) is 6.05. The molecular weight excluding hydrogens is 514 g/mol. The summed E-state index contributed by atoms with van der Waals surface area (Å²) in [6, 6.07) is 12.7. The normalized spacial score (nSPS) is 15.9. The maximum atomic E-state index is 13.7. The summed E-state index contributed by atoms with van der Waals surface area (Å²) in [6.45, 7) is 8.53. The van der Waals surface area contributed by atoms with E-state index in [9.17, 15) is 9.59 Å². The van der Waals surface area contributed by atoms with Crippen molar-refractivity contribution in [3.05, 3.63) is 84.6 Å². The number of carbonyl (C=O) groups is 1. The molecule has 0 spiro atoms. The summed E-state index contributed by atoms with van der Waals surface area (Å²) in [4.78, 5) is 28.9. The molecule has 1 amide bonds. The van der Waals surface area contributed by atoms with Crippen molar-refractivity contribution < 1.29 is 9.21 Å². The van der Waals surface area contributed by atoms with Gasteiger partial charge in [0.2, 0.25) is 10.9 Å². The standard InChI is InChI=1S/C26H24BrN3O3S/c1-5-6-19-28-29-25(34-19)30-21(14-7-9-15(10-8-14)26(2,3)4)20-22(31)17-13-16(27)11-12-18(17)33-23(20)24(30)32/h7-13,21H,5-6H2,1-4H3. The zero-order valence-electron chi connectivity index (χ0n) is 19.4. The van der Waals surface area contributed by atoms with Crippen LogP contribution in [0.3, 0.4) is 0 Å². The number of aryl methyl sites for hydroxylation is 1. The first kappa shape index (κ1) is 22.9. The number of halogens is 1. The van der Waals surface area contributed by atoms with Crippen LogP contribution < -0.4 is 10.3 Å². The number of hydrogen-bond acceptors (Lipinski definition) is 6. The number of carbonyl (C=O) groups excluding carboxylic acids is 1. The average molecular weight is 538 g/mol. The van der Waals surface area contributed by atoms with Gasteiger partial charge < -0.3 is 4.42 Å². The van der Waals surface area contributed by atoms with E-state index in [1.54, 1.807) is 23.1 Å². The Labute approximate surface area is 209 Å². The fraction of sp³-hybridized carbons (Fsp3) is 0.308. The van der Waals surface area contributed by atoms with Gasteiger partial charge in [0, 0.05) is 10.9 Å². The molecule has 4 aromatic rings. The first-order valence-corrected chi connectivity index (χ1v) is 12.8. The Morgan fingerprint density at radius 1 is 1.09 bits per heavy atom. The highest BCUT2D eigenvalue weighted by atomic mass is 79.9. The maximum absolute atomic E-state index is 13.7. The van der Waals surface area contributed by atoms with E-state index in [4.69, 9.17) is 4.42 Å². The van der Waals surface area contributed by atoms with Crippen LogP contribution in [0.15, 0.2) is 56.1 Å². The molecule has 8 heteroatoms. The summed E-state index contributed by atoms with van der Waals surface area (Å²) in [5.41, 5.74) is 2.49. The highest BCUT2D eigenvalue weighted by Gasteiger charge is 2.45. The molecule has 0 N–H and O–H groups in total. The average Bonchev–Trinajstić information content (AvgIpc) is 3.36. The van der Waals surface area contributed by atoms with Crippen molar-refractivity contribution in [2.24, 2.45) is 0 Å². The van der Waals surface area contributed by atoms with Crippen molar-refractivity contribution in [3.8, 4) is 0 Å². The zero-order chi connectivity index (χ0) is 24.2. The maximum Gasteiger partial charge on any atom is 0.297 e. The highest BCUT2D eigenvalue weighted by molar-refractivity contribution is 9.10. The van der Waals surface area contributed by atoms with Crippen LogP contribution in [0, 0.1) is 0 Å². The summed E-state index contributed by atoms with van der Waals surface area (Å²) in [5.74, 6) is -0.307. The van der Waals surface area contributed by atoms with Crippen LogP contribution in [-0.2, 0) is 11.8 Å². The van der Waals surface area contributed by atoms with E-state index in [2.05, 4.69) is 66.0 Å². The number of rotatable bonds is 4. The fourth-order valence-corrected chi connectivity index (χ4v) is 5.61. The van der Waals surface area contributed by atoms with E-state index < -0.39 is 6.04 Å². The fourth-order valence-electron chi connectivity index (χ4n) is 4.28. The Morgan fingerprint density at radius 2 is 1.82 bits per heavy atom. The van der Waals surface area contributed by atoms with E-state index in [0.29, 0.717) is 21.7 Å². The van der Waals surface area contributed by atoms with Crippen LogP contribution >= 0.6 is 27.3 Å². The Bertz CT molecular complexity index is 1470. The topological polar surface area (TPSA) is 76.3 Å².